The molecule has 4 aromatic rings. The molecule has 46 heavy (non-hydrogen) atoms. The van der Waals surface area contributed by atoms with Crippen LogP contribution in [0.15, 0.2) is 35.3 Å². The molecule has 2 saturated heterocycles. The van der Waals surface area contributed by atoms with Crippen LogP contribution in [-0.2, 0) is 17.8 Å². The number of thiazole rings is 2. The lowest BCUT2D eigenvalue weighted by molar-refractivity contribution is 0.0513. The summed E-state index contributed by atoms with van der Waals surface area (Å²) in [6.45, 7) is 11.6. The van der Waals surface area contributed by atoms with Gasteiger partial charge in [-0.3, -0.25) is 0 Å². The average molecular weight is 667 g/mol. The minimum atomic E-state index is -0.893. The van der Waals surface area contributed by atoms with Crippen LogP contribution in [0.4, 0.5) is 10.3 Å². The van der Waals surface area contributed by atoms with E-state index >= 15 is 0 Å². The summed E-state index contributed by atoms with van der Waals surface area (Å²) in [5, 5.41) is 15.6. The van der Waals surface area contributed by atoms with E-state index in [0.717, 1.165) is 59.0 Å². The molecular formula is C34H46N6O4S2. The number of carbonyl (C=O) groups excluding carboxylic acids is 1. The van der Waals surface area contributed by atoms with Crippen LogP contribution in [0, 0.1) is 13.8 Å². The van der Waals surface area contributed by atoms with E-state index in [9.17, 15) is 14.7 Å². The first-order valence-electron chi connectivity index (χ1n) is 16.4. The number of anilines is 2. The van der Waals surface area contributed by atoms with Gasteiger partial charge in [0.05, 0.1) is 31.1 Å². The summed E-state index contributed by atoms with van der Waals surface area (Å²) in [6.07, 6.45) is 14.1. The van der Waals surface area contributed by atoms with Crippen molar-refractivity contribution in [2.45, 2.75) is 85.2 Å². The van der Waals surface area contributed by atoms with Gasteiger partial charge in [0.1, 0.15) is 11.4 Å². The topological polar surface area (TPSA) is 106 Å². The first kappa shape index (κ1) is 33.7. The molecule has 0 atom stereocenters. The number of aromatic nitrogens is 4. The number of carbonyl (C=O) groups is 2. The van der Waals surface area contributed by atoms with E-state index in [1.54, 1.807) is 33.3 Å². The number of aromatic carboxylic acids is 1. The minimum Gasteiger partial charge on any atom is -0.477 e. The monoisotopic (exact) mass is 666 g/mol. The molecule has 0 unspecified atom stereocenters. The number of nitrogens with zero attached hydrogens (tertiary/aromatic N) is 6. The van der Waals surface area contributed by atoms with E-state index in [1.807, 2.05) is 49.2 Å². The normalized spacial score (nSPS) is 15.5. The highest BCUT2D eigenvalue weighted by atomic mass is 32.1. The molecule has 2 fully saturated rings. The number of ether oxygens (including phenoxy) is 1. The molecule has 0 saturated carbocycles. The van der Waals surface area contributed by atoms with Crippen molar-refractivity contribution in [1.29, 1.82) is 0 Å². The molecule has 0 aromatic carbocycles. The van der Waals surface area contributed by atoms with Crippen LogP contribution in [0.25, 0.3) is 0 Å². The summed E-state index contributed by atoms with van der Waals surface area (Å²) in [7, 11) is 0. The number of hydrogen-bond donors (Lipinski definition) is 1. The molecule has 0 radical (unpaired) electrons. The predicted octanol–water partition coefficient (Wildman–Crippen LogP) is 7.24. The fourth-order valence-electron chi connectivity index (χ4n) is 6.03. The van der Waals surface area contributed by atoms with Gasteiger partial charge in [-0.25, -0.2) is 19.6 Å². The van der Waals surface area contributed by atoms with E-state index in [0.29, 0.717) is 31.1 Å². The van der Waals surface area contributed by atoms with Gasteiger partial charge in [-0.05, 0) is 69.7 Å². The van der Waals surface area contributed by atoms with Crippen molar-refractivity contribution in [2.24, 2.45) is 0 Å². The molecule has 0 spiro atoms. The maximum atomic E-state index is 12.1. The Hall–Kier alpha value is -3.64. The first-order valence-corrected chi connectivity index (χ1v) is 18.2. The summed E-state index contributed by atoms with van der Waals surface area (Å²) in [6, 6.07) is 3.57. The number of carboxylic acid groups (broad SMARTS) is 1. The van der Waals surface area contributed by atoms with Gasteiger partial charge in [0, 0.05) is 49.3 Å². The van der Waals surface area contributed by atoms with E-state index in [4.69, 9.17) is 14.7 Å². The second kappa shape index (κ2) is 16.3. The molecule has 12 heteroatoms. The van der Waals surface area contributed by atoms with Gasteiger partial charge in [0.2, 0.25) is 0 Å². The fourth-order valence-corrected chi connectivity index (χ4v) is 7.77. The molecule has 2 aliphatic heterocycles. The largest absolute Gasteiger partial charge is 0.477 e. The third-order valence-corrected chi connectivity index (χ3v) is 10.2. The summed E-state index contributed by atoms with van der Waals surface area (Å²) in [5.74, 6) is -1.16. The third kappa shape index (κ3) is 9.00. The molecule has 0 amide bonds. The Bertz CT molecular complexity index is 1570. The molecule has 10 nitrogen and oxygen atoms in total. The average Bonchev–Trinajstić information content (AvgIpc) is 3.75. The van der Waals surface area contributed by atoms with E-state index in [2.05, 4.69) is 15.2 Å². The number of esters is 1. The second-order valence-corrected chi connectivity index (χ2v) is 13.8. The Morgan fingerprint density at radius 1 is 0.739 bits per heavy atom. The number of hydrogen-bond acceptors (Lipinski definition) is 9. The van der Waals surface area contributed by atoms with E-state index in [-0.39, 0.29) is 5.97 Å². The van der Waals surface area contributed by atoms with E-state index < -0.39 is 5.97 Å². The quantitative estimate of drug-likeness (QED) is 0.187. The van der Waals surface area contributed by atoms with Crippen LogP contribution >= 0.6 is 22.7 Å². The van der Waals surface area contributed by atoms with Gasteiger partial charge in [0.25, 0.3) is 0 Å². The lowest BCUT2D eigenvalue weighted by Gasteiger charge is -2.18. The zero-order chi connectivity index (χ0) is 32.5. The predicted molar refractivity (Wildman–Crippen MR) is 185 cm³/mol. The van der Waals surface area contributed by atoms with Crippen LogP contribution in [0.5, 0.6) is 0 Å². The number of carboxylic acids is 1. The zero-order valence-corrected chi connectivity index (χ0v) is 28.9. The smallest absolute Gasteiger partial charge is 0.354 e. The van der Waals surface area contributed by atoms with Crippen LogP contribution in [-0.4, -0.2) is 68.9 Å². The number of rotatable bonds is 9. The Morgan fingerprint density at radius 3 is 1.61 bits per heavy atom. The highest BCUT2D eigenvalue weighted by molar-refractivity contribution is 7.14. The SMILES string of the molecule is CCOC(=O)c1cc(C)cn1Cc1csc(N2CCCCCC2)n1.Cc1cc(C(=O)O)n(Cc2csc(N3CCCCCC3)n2)c1. The van der Waals surface area contributed by atoms with Crippen molar-refractivity contribution in [3.63, 3.8) is 0 Å². The van der Waals surface area contributed by atoms with E-state index in [1.165, 1.54) is 51.4 Å². The minimum absolute atomic E-state index is 0.270. The van der Waals surface area contributed by atoms with Gasteiger partial charge in [-0.2, -0.15) is 0 Å². The molecule has 6 rings (SSSR count). The second-order valence-electron chi connectivity index (χ2n) is 12.1. The summed E-state index contributed by atoms with van der Waals surface area (Å²) in [5.41, 5.74) is 4.87. The molecule has 0 aliphatic carbocycles. The fraction of sp³-hybridized carbons (Fsp3) is 0.529. The molecule has 2 aliphatic rings. The zero-order valence-electron chi connectivity index (χ0n) is 27.2. The maximum Gasteiger partial charge on any atom is 0.354 e. The summed E-state index contributed by atoms with van der Waals surface area (Å²) < 4.78 is 8.85. The Balaban J connectivity index is 0.000000182. The molecular weight excluding hydrogens is 621 g/mol. The van der Waals surface area contributed by atoms with Gasteiger partial charge < -0.3 is 28.8 Å². The van der Waals surface area contributed by atoms with Crippen molar-refractivity contribution >= 4 is 44.9 Å². The van der Waals surface area contributed by atoms with Gasteiger partial charge >= 0.3 is 11.9 Å². The van der Waals surface area contributed by atoms with Crippen molar-refractivity contribution in [2.75, 3.05) is 42.6 Å². The summed E-state index contributed by atoms with van der Waals surface area (Å²) in [4.78, 5) is 37.6. The van der Waals surface area contributed by atoms with Crippen LogP contribution in [0.3, 0.4) is 0 Å². The van der Waals surface area contributed by atoms with Crippen LogP contribution in [0.1, 0.15) is 102 Å². The highest BCUT2D eigenvalue weighted by Crippen LogP contribution is 2.26. The van der Waals surface area contributed by atoms with Crippen LogP contribution < -0.4 is 9.80 Å². The molecule has 0 bridgehead atoms. The Kier molecular flexibility index (Phi) is 11.9. The number of aryl methyl sites for hydroxylation is 2. The Morgan fingerprint density at radius 2 is 1.17 bits per heavy atom. The van der Waals surface area contributed by atoms with Gasteiger partial charge in [-0.1, -0.05) is 25.7 Å². The standard InChI is InChI=1S/C18H25N3O2S.C16H21N3O2S/c1-3-23-17(22)16-10-14(2)11-21(16)12-15-13-24-18(19-15)20-8-6-4-5-7-9-20;1-12-8-14(15(20)21)19(9-12)10-13-11-22-16(17-13)18-6-4-2-3-5-7-18/h10-11,13H,3-9,12H2,1-2H3;8-9,11H,2-7,10H2,1H3,(H,20,21). The lowest BCUT2D eigenvalue weighted by atomic mass is 10.2. The van der Waals surface area contributed by atoms with Crippen molar-refractivity contribution in [3.05, 3.63) is 69.2 Å². The van der Waals surface area contributed by atoms with Crippen molar-refractivity contribution in [3.8, 4) is 0 Å². The van der Waals surface area contributed by atoms with Crippen molar-refractivity contribution in [1.82, 2.24) is 19.1 Å². The Labute approximate surface area is 279 Å². The van der Waals surface area contributed by atoms with Gasteiger partial charge in [0.15, 0.2) is 10.3 Å². The van der Waals surface area contributed by atoms with Crippen LogP contribution in [0.2, 0.25) is 0 Å². The third-order valence-electron chi connectivity index (χ3n) is 8.27. The summed E-state index contributed by atoms with van der Waals surface area (Å²) >= 11 is 3.36. The lowest BCUT2D eigenvalue weighted by Crippen LogP contribution is -2.23. The van der Waals surface area contributed by atoms with Gasteiger partial charge in [-0.15, -0.1) is 22.7 Å². The highest BCUT2D eigenvalue weighted by Gasteiger charge is 2.18. The first-order chi connectivity index (χ1) is 22.3. The van der Waals surface area contributed by atoms with Crippen molar-refractivity contribution < 1.29 is 19.4 Å². The molecule has 6 heterocycles. The maximum absolute atomic E-state index is 12.1. The molecule has 1 N–H and O–H groups in total. The molecule has 4 aromatic heterocycles. The molecule has 248 valence electrons.